The maximum absolute atomic E-state index is 13.7. The average molecular weight is 650 g/mol. The minimum Gasteiger partial charge on any atom is -0.377 e. The number of anilines is 2. The first-order chi connectivity index (χ1) is 22.2. The summed E-state index contributed by atoms with van der Waals surface area (Å²) in [4.78, 5) is 66.7. The fourth-order valence-electron chi connectivity index (χ4n) is 5.01. The number of aliphatic hydroxyl groups excluding tert-OH is 1. The number of rotatable bonds is 21. The maximum atomic E-state index is 13.7. The van der Waals surface area contributed by atoms with E-state index in [-0.39, 0.29) is 82.8 Å². The largest absolute Gasteiger partial charge is 0.377 e. The van der Waals surface area contributed by atoms with Gasteiger partial charge in [0.25, 0.3) is 5.91 Å². The molecule has 256 valence electrons. The number of piperidine rings is 1. The Hall–Kier alpha value is -3.83. The lowest BCUT2D eigenvalue weighted by molar-refractivity contribution is -0.137. The fraction of sp³-hybridized carbons (Fsp3) is 0.633. The van der Waals surface area contributed by atoms with Crippen molar-refractivity contribution in [2.45, 2.75) is 45.3 Å². The van der Waals surface area contributed by atoms with Crippen molar-refractivity contribution in [3.8, 4) is 0 Å². The molecule has 0 radical (unpaired) electrons. The van der Waals surface area contributed by atoms with Crippen LogP contribution in [0.15, 0.2) is 12.1 Å². The van der Waals surface area contributed by atoms with E-state index in [9.17, 15) is 24.0 Å². The number of aliphatic hydroxyl groups is 1. The summed E-state index contributed by atoms with van der Waals surface area (Å²) >= 11 is 0. The quantitative estimate of drug-likeness (QED) is 0.0531. The van der Waals surface area contributed by atoms with E-state index in [4.69, 9.17) is 19.3 Å². The van der Waals surface area contributed by atoms with Crippen molar-refractivity contribution < 1.29 is 43.3 Å². The molecule has 46 heavy (non-hydrogen) atoms. The molecule has 1 aromatic rings. The van der Waals surface area contributed by atoms with E-state index in [0.29, 0.717) is 48.9 Å². The second-order valence-corrected chi connectivity index (χ2v) is 10.9. The van der Waals surface area contributed by atoms with E-state index in [1.54, 1.807) is 24.1 Å². The van der Waals surface area contributed by atoms with Gasteiger partial charge in [-0.05, 0) is 31.5 Å². The molecule has 0 bridgehead atoms. The van der Waals surface area contributed by atoms with E-state index < -0.39 is 17.9 Å². The van der Waals surface area contributed by atoms with Gasteiger partial charge in [0, 0.05) is 39.1 Å². The Bertz CT molecular complexity index is 1220. The van der Waals surface area contributed by atoms with Crippen LogP contribution in [0.4, 0.5) is 11.4 Å². The minimum atomic E-state index is -0.794. The standard InChI is InChI=1S/C30H47N7O9/c1-4-31-15-20(2)36(3)26(41)17-33-22-6-5-21-18-37(23-7-8-24(39)35-29(23)42)30(43)27(21)28(22)34-16-25(40)32-9-10-44-11-12-45-13-14-46-19-38/h5-6,20,23,31,33-34,38H,4,7-19H2,1-3H3,(H,32,40)(H,35,39,42). The van der Waals surface area contributed by atoms with Crippen molar-refractivity contribution in [3.63, 3.8) is 0 Å². The topological polar surface area (TPSA) is 200 Å². The summed E-state index contributed by atoms with van der Waals surface area (Å²) in [5.74, 6) is -1.80. The molecule has 3 rings (SSSR count). The Morgan fingerprint density at radius 2 is 1.78 bits per heavy atom. The van der Waals surface area contributed by atoms with Gasteiger partial charge in [-0.25, -0.2) is 0 Å². The summed E-state index contributed by atoms with van der Waals surface area (Å²) in [7, 11) is 1.73. The normalized spacial score (nSPS) is 16.6. The molecule has 2 heterocycles. The average Bonchev–Trinajstić information content (AvgIpc) is 3.37. The highest BCUT2D eigenvalue weighted by Gasteiger charge is 2.40. The van der Waals surface area contributed by atoms with Crippen molar-refractivity contribution in [1.29, 1.82) is 0 Å². The first-order valence-electron chi connectivity index (χ1n) is 15.5. The third-order valence-corrected chi connectivity index (χ3v) is 7.70. The lowest BCUT2D eigenvalue weighted by Gasteiger charge is -2.29. The molecule has 1 fully saturated rings. The van der Waals surface area contributed by atoms with E-state index in [1.807, 2.05) is 13.8 Å². The van der Waals surface area contributed by atoms with Gasteiger partial charge in [0.1, 0.15) is 12.8 Å². The first-order valence-corrected chi connectivity index (χ1v) is 15.5. The summed E-state index contributed by atoms with van der Waals surface area (Å²) in [5.41, 5.74) is 1.77. The van der Waals surface area contributed by atoms with E-state index >= 15 is 0 Å². The molecule has 0 saturated carbocycles. The molecule has 2 aliphatic rings. The zero-order valence-electron chi connectivity index (χ0n) is 26.8. The summed E-state index contributed by atoms with van der Waals surface area (Å²) in [5, 5.41) is 23.0. The van der Waals surface area contributed by atoms with Crippen LogP contribution in [0.25, 0.3) is 0 Å². The number of ether oxygens (including phenoxy) is 3. The highest BCUT2D eigenvalue weighted by atomic mass is 16.6. The molecule has 0 aromatic heterocycles. The maximum Gasteiger partial charge on any atom is 0.257 e. The fourth-order valence-corrected chi connectivity index (χ4v) is 5.01. The van der Waals surface area contributed by atoms with Crippen LogP contribution in [0, 0.1) is 0 Å². The van der Waals surface area contributed by atoms with E-state index in [0.717, 1.165) is 6.54 Å². The van der Waals surface area contributed by atoms with Crippen LogP contribution in [-0.2, 0) is 39.9 Å². The van der Waals surface area contributed by atoms with Crippen LogP contribution in [0.3, 0.4) is 0 Å². The number of carbonyl (C=O) groups excluding carboxylic acids is 5. The van der Waals surface area contributed by atoms with Gasteiger partial charge < -0.3 is 50.4 Å². The van der Waals surface area contributed by atoms with Crippen molar-refractivity contribution in [1.82, 2.24) is 25.8 Å². The Labute approximate surface area is 268 Å². The number of amides is 5. The molecule has 0 spiro atoms. The lowest BCUT2D eigenvalue weighted by Crippen LogP contribution is -2.52. The van der Waals surface area contributed by atoms with Crippen LogP contribution in [-0.4, -0.2) is 136 Å². The van der Waals surface area contributed by atoms with Gasteiger partial charge in [0.05, 0.1) is 63.1 Å². The third-order valence-electron chi connectivity index (χ3n) is 7.70. The van der Waals surface area contributed by atoms with Gasteiger partial charge in [0.2, 0.25) is 23.6 Å². The van der Waals surface area contributed by atoms with Gasteiger partial charge in [-0.2, -0.15) is 0 Å². The zero-order chi connectivity index (χ0) is 33.5. The number of nitrogens with zero attached hydrogens (tertiary/aromatic N) is 2. The second-order valence-electron chi connectivity index (χ2n) is 10.9. The Balaban J connectivity index is 1.64. The van der Waals surface area contributed by atoms with Crippen molar-refractivity contribution >= 4 is 40.9 Å². The summed E-state index contributed by atoms with van der Waals surface area (Å²) in [6, 6.07) is 2.66. The van der Waals surface area contributed by atoms with Crippen LogP contribution in [0.2, 0.25) is 0 Å². The number of carbonyl (C=O) groups is 5. The number of hydrogen-bond acceptors (Lipinski definition) is 12. The first kappa shape index (κ1) is 36.6. The Kier molecular flexibility index (Phi) is 15.1. The highest BCUT2D eigenvalue weighted by Crippen LogP contribution is 2.37. The summed E-state index contributed by atoms with van der Waals surface area (Å²) in [6.07, 6.45) is 0.353. The molecule has 5 amide bonds. The van der Waals surface area contributed by atoms with Crippen LogP contribution < -0.4 is 26.6 Å². The van der Waals surface area contributed by atoms with Crippen LogP contribution >= 0.6 is 0 Å². The van der Waals surface area contributed by atoms with Crippen LogP contribution in [0.1, 0.15) is 42.6 Å². The number of benzene rings is 1. The molecular weight excluding hydrogens is 602 g/mol. The molecule has 1 aromatic carbocycles. The predicted molar refractivity (Wildman–Crippen MR) is 168 cm³/mol. The van der Waals surface area contributed by atoms with Gasteiger partial charge >= 0.3 is 0 Å². The minimum absolute atomic E-state index is 0.0396. The number of hydrogen-bond donors (Lipinski definition) is 6. The monoisotopic (exact) mass is 649 g/mol. The molecular formula is C30H47N7O9. The van der Waals surface area contributed by atoms with Gasteiger partial charge in [0.15, 0.2) is 0 Å². The predicted octanol–water partition coefficient (Wildman–Crippen LogP) is -1.16. The SMILES string of the molecule is CCNCC(C)N(C)C(=O)CNc1ccc2c(c1NCC(=O)NCCOCCOCCOCO)C(=O)N(C1CCC(=O)NC1=O)C2. The molecule has 16 nitrogen and oxygen atoms in total. The second kappa shape index (κ2) is 19.0. The summed E-state index contributed by atoms with van der Waals surface area (Å²) < 4.78 is 15.5. The molecule has 2 unspecified atom stereocenters. The highest BCUT2D eigenvalue weighted by molar-refractivity contribution is 6.09. The zero-order valence-corrected chi connectivity index (χ0v) is 26.8. The van der Waals surface area contributed by atoms with Crippen molar-refractivity contribution in [2.75, 3.05) is 90.2 Å². The van der Waals surface area contributed by atoms with E-state index in [1.165, 1.54) is 4.90 Å². The molecule has 2 atom stereocenters. The van der Waals surface area contributed by atoms with E-state index in [2.05, 4.69) is 26.6 Å². The van der Waals surface area contributed by atoms with Gasteiger partial charge in [-0.15, -0.1) is 0 Å². The van der Waals surface area contributed by atoms with Crippen LogP contribution in [0.5, 0.6) is 0 Å². The molecule has 0 aliphatic carbocycles. The number of nitrogens with one attached hydrogen (secondary N) is 5. The number of imide groups is 1. The number of likely N-dealkylation sites (N-methyl/N-ethyl adjacent to an activating group) is 2. The van der Waals surface area contributed by atoms with Crippen molar-refractivity contribution in [2.24, 2.45) is 0 Å². The molecule has 2 aliphatic heterocycles. The summed E-state index contributed by atoms with van der Waals surface area (Å²) in [6.45, 7) is 6.76. The molecule has 6 N–H and O–H groups in total. The Morgan fingerprint density at radius 3 is 2.48 bits per heavy atom. The van der Waals surface area contributed by atoms with Gasteiger partial charge in [-0.3, -0.25) is 29.3 Å². The number of fused-ring (bicyclic) bond motifs is 1. The lowest BCUT2D eigenvalue weighted by atomic mass is 10.0. The molecule has 16 heteroatoms. The smallest absolute Gasteiger partial charge is 0.257 e. The Morgan fingerprint density at radius 1 is 1.07 bits per heavy atom. The van der Waals surface area contributed by atoms with Gasteiger partial charge in [-0.1, -0.05) is 13.0 Å². The third kappa shape index (κ3) is 10.6. The molecule has 1 saturated heterocycles. The van der Waals surface area contributed by atoms with Crippen molar-refractivity contribution in [3.05, 3.63) is 23.3 Å².